The highest BCUT2D eigenvalue weighted by Gasteiger charge is 2.47. The van der Waals surface area contributed by atoms with E-state index in [1.54, 1.807) is 28.0 Å². The molecule has 2 aliphatic rings. The number of ether oxygens (including phenoxy) is 2. The van der Waals surface area contributed by atoms with Crippen molar-refractivity contribution in [3.8, 4) is 5.75 Å². The van der Waals surface area contributed by atoms with Gasteiger partial charge >= 0.3 is 6.09 Å². The van der Waals surface area contributed by atoms with Gasteiger partial charge in [0.05, 0.1) is 19.2 Å². The molecule has 2 saturated heterocycles. The number of methoxy groups -OCH3 is 1. The van der Waals surface area contributed by atoms with Gasteiger partial charge < -0.3 is 19.3 Å². The van der Waals surface area contributed by atoms with Crippen molar-refractivity contribution < 1.29 is 19.1 Å². The molecule has 130 valence electrons. The lowest BCUT2D eigenvalue weighted by molar-refractivity contribution is 0.00308. The summed E-state index contributed by atoms with van der Waals surface area (Å²) in [5.74, 6) is 0.398. The van der Waals surface area contributed by atoms with Gasteiger partial charge in [0.2, 0.25) is 0 Å². The Labute approximate surface area is 146 Å². The first-order chi connectivity index (χ1) is 11.5. The van der Waals surface area contributed by atoms with Crippen molar-refractivity contribution in [2.24, 2.45) is 0 Å². The summed E-state index contributed by atoms with van der Waals surface area (Å²) in [7, 11) is 1.53. The van der Waals surface area contributed by atoms with Gasteiger partial charge in [0, 0.05) is 37.5 Å². The van der Waals surface area contributed by atoms with E-state index in [9.17, 15) is 9.59 Å². The van der Waals surface area contributed by atoms with Gasteiger partial charge in [-0.2, -0.15) is 0 Å². The van der Waals surface area contributed by atoms with Crippen LogP contribution in [0, 0.1) is 0 Å². The first-order valence-electron chi connectivity index (χ1n) is 8.09. The Bertz CT molecular complexity index is 656. The lowest BCUT2D eigenvalue weighted by atomic mass is 9.91. The molecule has 0 N–H and O–H groups in total. The molecule has 0 atom stereocenters. The van der Waals surface area contributed by atoms with Crippen LogP contribution in [0.3, 0.4) is 0 Å². The lowest BCUT2D eigenvalue weighted by Gasteiger charge is -2.37. The van der Waals surface area contributed by atoms with Gasteiger partial charge in [0.1, 0.15) is 11.4 Å². The fourth-order valence-corrected chi connectivity index (χ4v) is 3.50. The molecule has 2 aliphatic heterocycles. The minimum atomic E-state index is -0.456. The summed E-state index contributed by atoms with van der Waals surface area (Å²) >= 11 is 6.01. The second-order valence-corrected chi connectivity index (χ2v) is 6.64. The molecule has 0 bridgehead atoms. The average Bonchev–Trinajstić information content (AvgIpc) is 2.90. The molecule has 2 fully saturated rings. The number of carbonyl (C=O) groups excluding carboxylic acids is 2. The molecule has 0 unspecified atom stereocenters. The molecule has 24 heavy (non-hydrogen) atoms. The molecular formula is C17H21ClN2O4. The van der Waals surface area contributed by atoms with E-state index < -0.39 is 5.60 Å². The van der Waals surface area contributed by atoms with E-state index in [0.29, 0.717) is 55.4 Å². The summed E-state index contributed by atoms with van der Waals surface area (Å²) in [6.07, 6.45) is 1.03. The van der Waals surface area contributed by atoms with Crippen molar-refractivity contribution in [2.75, 3.05) is 33.3 Å². The first kappa shape index (κ1) is 16.9. The molecule has 7 heteroatoms. The van der Waals surface area contributed by atoms with Gasteiger partial charge in [0.25, 0.3) is 5.91 Å². The summed E-state index contributed by atoms with van der Waals surface area (Å²) in [4.78, 5) is 28.1. The van der Waals surface area contributed by atoms with Crippen LogP contribution in [-0.2, 0) is 4.74 Å². The number of amides is 2. The maximum absolute atomic E-state index is 12.8. The van der Waals surface area contributed by atoms with Crippen LogP contribution in [0.25, 0.3) is 0 Å². The van der Waals surface area contributed by atoms with E-state index in [-0.39, 0.29) is 12.0 Å². The molecule has 1 aromatic carbocycles. The molecule has 0 aliphatic carbocycles. The molecule has 0 radical (unpaired) electrons. The standard InChI is InChI=1S/C17H21ClN2O4/c1-3-19-11-17(24-16(19)22)6-8-20(9-7-17)15(21)13-10-12(18)4-5-14(13)23-2/h4-5,10H,3,6-9,11H2,1-2H3. The predicted octanol–water partition coefficient (Wildman–Crippen LogP) is 2.80. The second kappa shape index (κ2) is 6.51. The van der Waals surface area contributed by atoms with Crippen molar-refractivity contribution in [3.63, 3.8) is 0 Å². The van der Waals surface area contributed by atoms with E-state index in [2.05, 4.69) is 0 Å². The number of halogens is 1. The summed E-state index contributed by atoms with van der Waals surface area (Å²) in [5.41, 5.74) is 0.00186. The van der Waals surface area contributed by atoms with Crippen LogP contribution < -0.4 is 4.74 Å². The average molecular weight is 353 g/mol. The summed E-state index contributed by atoms with van der Waals surface area (Å²) in [6, 6.07) is 5.01. The van der Waals surface area contributed by atoms with E-state index in [1.807, 2.05) is 6.92 Å². The number of benzene rings is 1. The quantitative estimate of drug-likeness (QED) is 0.839. The third-order valence-electron chi connectivity index (χ3n) is 4.78. The van der Waals surface area contributed by atoms with Crippen LogP contribution >= 0.6 is 11.6 Å². The molecule has 2 heterocycles. The van der Waals surface area contributed by atoms with Gasteiger partial charge in [0.15, 0.2) is 0 Å². The SMILES string of the molecule is CCN1CC2(CCN(C(=O)c3cc(Cl)ccc3OC)CC2)OC1=O. The van der Waals surface area contributed by atoms with Crippen molar-refractivity contribution in [3.05, 3.63) is 28.8 Å². The van der Waals surface area contributed by atoms with Crippen molar-refractivity contribution in [1.82, 2.24) is 9.80 Å². The first-order valence-corrected chi connectivity index (χ1v) is 8.46. The Morgan fingerprint density at radius 2 is 2.08 bits per heavy atom. The predicted molar refractivity (Wildman–Crippen MR) is 89.6 cm³/mol. The normalized spacial score (nSPS) is 19.5. The molecule has 1 spiro atoms. The molecular weight excluding hydrogens is 332 g/mol. The number of hydrogen-bond acceptors (Lipinski definition) is 4. The van der Waals surface area contributed by atoms with Crippen LogP contribution in [0.2, 0.25) is 5.02 Å². The largest absolute Gasteiger partial charge is 0.496 e. The monoisotopic (exact) mass is 352 g/mol. The Hall–Kier alpha value is -1.95. The number of likely N-dealkylation sites (N-methyl/N-ethyl adjacent to an activating group) is 1. The fraction of sp³-hybridized carbons (Fsp3) is 0.529. The maximum Gasteiger partial charge on any atom is 0.410 e. The molecule has 3 rings (SSSR count). The number of carbonyl (C=O) groups is 2. The van der Waals surface area contributed by atoms with Gasteiger partial charge in [-0.05, 0) is 25.1 Å². The van der Waals surface area contributed by atoms with Gasteiger partial charge in [-0.25, -0.2) is 4.79 Å². The Balaban J connectivity index is 1.70. The number of hydrogen-bond donors (Lipinski definition) is 0. The summed E-state index contributed by atoms with van der Waals surface area (Å²) in [5, 5.41) is 0.496. The fourth-order valence-electron chi connectivity index (χ4n) is 3.33. The number of piperidine rings is 1. The lowest BCUT2D eigenvalue weighted by Crippen LogP contribution is -2.48. The Kier molecular flexibility index (Phi) is 4.58. The van der Waals surface area contributed by atoms with Crippen LogP contribution in [0.15, 0.2) is 18.2 Å². The highest BCUT2D eigenvalue weighted by atomic mass is 35.5. The highest BCUT2D eigenvalue weighted by molar-refractivity contribution is 6.31. The summed E-state index contributed by atoms with van der Waals surface area (Å²) < 4.78 is 10.9. The van der Waals surface area contributed by atoms with Crippen LogP contribution in [0.1, 0.15) is 30.1 Å². The van der Waals surface area contributed by atoms with Gasteiger partial charge in [-0.3, -0.25) is 4.79 Å². The smallest absolute Gasteiger partial charge is 0.410 e. The number of rotatable bonds is 3. The Morgan fingerprint density at radius 3 is 2.67 bits per heavy atom. The molecule has 2 amide bonds. The number of likely N-dealkylation sites (tertiary alicyclic amines) is 1. The van der Waals surface area contributed by atoms with Crippen molar-refractivity contribution in [2.45, 2.75) is 25.4 Å². The highest BCUT2D eigenvalue weighted by Crippen LogP contribution is 2.34. The summed E-state index contributed by atoms with van der Waals surface area (Å²) in [6.45, 7) is 4.26. The van der Waals surface area contributed by atoms with Crippen molar-refractivity contribution >= 4 is 23.6 Å². The van der Waals surface area contributed by atoms with Crippen LogP contribution in [0.5, 0.6) is 5.75 Å². The van der Waals surface area contributed by atoms with Gasteiger partial charge in [-0.1, -0.05) is 11.6 Å². The zero-order valence-electron chi connectivity index (χ0n) is 13.9. The van der Waals surface area contributed by atoms with E-state index in [0.717, 1.165) is 0 Å². The maximum atomic E-state index is 12.8. The molecule has 6 nitrogen and oxygen atoms in total. The third-order valence-corrected chi connectivity index (χ3v) is 5.01. The minimum absolute atomic E-state index is 0.110. The molecule has 0 saturated carbocycles. The zero-order valence-corrected chi connectivity index (χ0v) is 14.6. The topological polar surface area (TPSA) is 59.1 Å². The van der Waals surface area contributed by atoms with E-state index in [1.165, 1.54) is 7.11 Å². The van der Waals surface area contributed by atoms with Gasteiger partial charge in [-0.15, -0.1) is 0 Å². The molecule has 0 aromatic heterocycles. The Morgan fingerprint density at radius 1 is 1.38 bits per heavy atom. The second-order valence-electron chi connectivity index (χ2n) is 6.20. The van der Waals surface area contributed by atoms with E-state index >= 15 is 0 Å². The van der Waals surface area contributed by atoms with E-state index in [4.69, 9.17) is 21.1 Å². The van der Waals surface area contributed by atoms with Crippen molar-refractivity contribution in [1.29, 1.82) is 0 Å². The molecule has 1 aromatic rings. The van der Waals surface area contributed by atoms with Crippen LogP contribution in [-0.4, -0.2) is 60.7 Å². The minimum Gasteiger partial charge on any atom is -0.496 e. The number of nitrogens with zero attached hydrogens (tertiary/aromatic N) is 2. The third kappa shape index (κ3) is 3.02. The van der Waals surface area contributed by atoms with Crippen LogP contribution in [0.4, 0.5) is 4.79 Å². The zero-order chi connectivity index (χ0) is 17.3.